The number of carboxylic acid groups (broad SMARTS) is 1. The van der Waals surface area contributed by atoms with E-state index in [2.05, 4.69) is 57.5 Å². The van der Waals surface area contributed by atoms with Gasteiger partial charge in [0, 0.05) is 29.3 Å². The molecule has 0 aliphatic carbocycles. The molecule has 0 fully saturated rings. The van der Waals surface area contributed by atoms with E-state index in [0.717, 1.165) is 44.1 Å². The van der Waals surface area contributed by atoms with Gasteiger partial charge in [0.15, 0.2) is 0 Å². The smallest absolute Gasteiger partial charge is 0.326 e. The summed E-state index contributed by atoms with van der Waals surface area (Å²) >= 11 is 1.63. The van der Waals surface area contributed by atoms with Gasteiger partial charge in [0.1, 0.15) is 23.0 Å². The fraction of sp³-hybridized carbons (Fsp3) is 0.154. The van der Waals surface area contributed by atoms with Crippen molar-refractivity contribution in [2.45, 2.75) is 25.8 Å². The maximum Gasteiger partial charge on any atom is 0.326 e. The average Bonchev–Trinajstić information content (AvgIpc) is 3.23. The van der Waals surface area contributed by atoms with Gasteiger partial charge in [-0.2, -0.15) is 0 Å². The summed E-state index contributed by atoms with van der Waals surface area (Å²) in [5, 5.41) is 16.3. The number of carbonyl (C=O) groups is 1. The molecule has 6 nitrogen and oxygen atoms in total. The minimum atomic E-state index is -0.934. The molecule has 0 saturated heterocycles. The van der Waals surface area contributed by atoms with Crippen LogP contribution >= 0.6 is 11.3 Å². The highest BCUT2D eigenvalue weighted by Crippen LogP contribution is 2.43. The van der Waals surface area contributed by atoms with Crippen molar-refractivity contribution in [2.75, 3.05) is 5.32 Å². The highest BCUT2D eigenvalue weighted by atomic mass is 32.1. The second-order valence-corrected chi connectivity index (χ2v) is 8.86. The Bertz CT molecular complexity index is 1440. The van der Waals surface area contributed by atoms with E-state index in [1.54, 1.807) is 23.7 Å². The van der Waals surface area contributed by atoms with Crippen molar-refractivity contribution in [1.82, 2.24) is 15.0 Å². The lowest BCUT2D eigenvalue weighted by Gasteiger charge is -2.17. The van der Waals surface area contributed by atoms with Gasteiger partial charge in [-0.15, -0.1) is 11.3 Å². The molecule has 0 spiro atoms. The zero-order valence-corrected chi connectivity index (χ0v) is 18.8. The molecule has 0 amide bonds. The van der Waals surface area contributed by atoms with Crippen LogP contribution in [0, 0.1) is 0 Å². The van der Waals surface area contributed by atoms with Gasteiger partial charge >= 0.3 is 5.97 Å². The Labute approximate surface area is 195 Å². The molecule has 1 atom stereocenters. The van der Waals surface area contributed by atoms with Crippen LogP contribution in [0.25, 0.3) is 32.1 Å². The van der Waals surface area contributed by atoms with Crippen LogP contribution in [-0.2, 0) is 17.6 Å². The second kappa shape index (κ2) is 8.96. The Kier molecular flexibility index (Phi) is 5.71. The molecule has 0 bridgehead atoms. The van der Waals surface area contributed by atoms with E-state index in [-0.39, 0.29) is 0 Å². The molecule has 1 unspecified atom stereocenters. The van der Waals surface area contributed by atoms with Gasteiger partial charge in [-0.1, -0.05) is 49.4 Å². The monoisotopic (exact) mass is 454 g/mol. The number of nitrogens with one attached hydrogen (secondary N) is 1. The minimum Gasteiger partial charge on any atom is -0.480 e. The number of aliphatic carboxylic acids is 1. The number of benzene rings is 2. The third kappa shape index (κ3) is 4.03. The van der Waals surface area contributed by atoms with E-state index in [9.17, 15) is 9.90 Å². The number of rotatable bonds is 7. The standard InChI is InChI=1S/C26H22N4O2S/c1-2-21-22(19-9-5-7-17-6-3-4-8-18(17)19)23-24(28-15-29-25(23)33-21)30-20(26(31)32)14-16-10-12-27-13-11-16/h3-13,15,20H,2,14H2,1H3,(H,31,32)(H,28,29,30). The van der Waals surface area contributed by atoms with E-state index in [1.807, 2.05) is 24.3 Å². The number of aryl methyl sites for hydroxylation is 1. The SMILES string of the molecule is CCc1sc2ncnc(NC(Cc3ccncc3)C(=O)O)c2c1-c1cccc2ccccc12. The summed E-state index contributed by atoms with van der Waals surface area (Å²) < 4.78 is 0. The van der Waals surface area contributed by atoms with Crippen LogP contribution in [0.15, 0.2) is 73.3 Å². The fourth-order valence-corrected chi connectivity index (χ4v) is 5.28. The Morgan fingerprint density at radius 2 is 1.85 bits per heavy atom. The van der Waals surface area contributed by atoms with Crippen molar-refractivity contribution in [3.05, 3.63) is 83.8 Å². The molecule has 3 aromatic heterocycles. The summed E-state index contributed by atoms with van der Waals surface area (Å²) in [6, 6.07) is 17.4. The summed E-state index contributed by atoms with van der Waals surface area (Å²) in [6.07, 6.45) is 6.00. The highest BCUT2D eigenvalue weighted by Gasteiger charge is 2.24. The molecule has 7 heteroatoms. The van der Waals surface area contributed by atoms with Gasteiger partial charge in [-0.05, 0) is 40.5 Å². The van der Waals surface area contributed by atoms with Crippen LogP contribution in [0.3, 0.4) is 0 Å². The Balaban J connectivity index is 1.66. The Hall–Kier alpha value is -3.84. The largest absolute Gasteiger partial charge is 0.480 e. The van der Waals surface area contributed by atoms with Crippen molar-refractivity contribution in [3.63, 3.8) is 0 Å². The molecule has 2 aromatic carbocycles. The molecule has 0 aliphatic rings. The van der Waals surface area contributed by atoms with Crippen LogP contribution in [0.5, 0.6) is 0 Å². The van der Waals surface area contributed by atoms with Crippen molar-refractivity contribution in [2.24, 2.45) is 0 Å². The third-order valence-corrected chi connectivity index (χ3v) is 6.98. The minimum absolute atomic E-state index is 0.317. The third-order valence-electron chi connectivity index (χ3n) is 5.74. The Morgan fingerprint density at radius 1 is 1.06 bits per heavy atom. The Morgan fingerprint density at radius 3 is 2.64 bits per heavy atom. The average molecular weight is 455 g/mol. The van der Waals surface area contributed by atoms with E-state index >= 15 is 0 Å². The molecule has 164 valence electrons. The van der Waals surface area contributed by atoms with Crippen LogP contribution < -0.4 is 5.32 Å². The highest BCUT2D eigenvalue weighted by molar-refractivity contribution is 7.19. The number of nitrogens with zero attached hydrogens (tertiary/aromatic N) is 3. The normalized spacial score (nSPS) is 12.2. The molecule has 2 N–H and O–H groups in total. The van der Waals surface area contributed by atoms with E-state index in [1.165, 1.54) is 11.2 Å². The maximum absolute atomic E-state index is 12.1. The van der Waals surface area contributed by atoms with Crippen LogP contribution in [0.1, 0.15) is 17.4 Å². The molecule has 5 aromatic rings. The molecule has 5 rings (SSSR count). The first-order chi connectivity index (χ1) is 16.2. The fourth-order valence-electron chi connectivity index (χ4n) is 4.19. The molecule has 0 radical (unpaired) electrons. The zero-order chi connectivity index (χ0) is 22.8. The van der Waals surface area contributed by atoms with Crippen LogP contribution in [0.2, 0.25) is 0 Å². The number of pyridine rings is 1. The predicted octanol–water partition coefficient (Wildman–Crippen LogP) is 5.58. The summed E-state index contributed by atoms with van der Waals surface area (Å²) in [5.41, 5.74) is 3.07. The number of thiophene rings is 1. The van der Waals surface area contributed by atoms with E-state index in [4.69, 9.17) is 0 Å². The van der Waals surface area contributed by atoms with Crippen LogP contribution in [0.4, 0.5) is 5.82 Å². The van der Waals surface area contributed by atoms with Gasteiger partial charge < -0.3 is 10.4 Å². The number of hydrogen-bond acceptors (Lipinski definition) is 6. The second-order valence-electron chi connectivity index (χ2n) is 7.78. The van der Waals surface area contributed by atoms with Gasteiger partial charge in [-0.25, -0.2) is 14.8 Å². The lowest BCUT2D eigenvalue weighted by Crippen LogP contribution is -2.32. The number of anilines is 1. The quantitative estimate of drug-likeness (QED) is 0.334. The molecule has 0 saturated carbocycles. The van der Waals surface area contributed by atoms with Gasteiger partial charge in [-0.3, -0.25) is 4.98 Å². The number of aromatic nitrogens is 3. The lowest BCUT2D eigenvalue weighted by molar-refractivity contribution is -0.137. The van der Waals surface area contributed by atoms with Crippen molar-refractivity contribution >= 4 is 44.1 Å². The van der Waals surface area contributed by atoms with Gasteiger partial charge in [0.05, 0.1) is 5.39 Å². The zero-order valence-electron chi connectivity index (χ0n) is 18.0. The summed E-state index contributed by atoms with van der Waals surface area (Å²) in [7, 11) is 0. The molecular weight excluding hydrogens is 432 g/mol. The number of hydrogen-bond donors (Lipinski definition) is 2. The van der Waals surface area contributed by atoms with E-state index < -0.39 is 12.0 Å². The lowest BCUT2D eigenvalue weighted by atomic mass is 9.96. The first-order valence-electron chi connectivity index (χ1n) is 10.8. The van der Waals surface area contributed by atoms with Crippen LogP contribution in [-0.4, -0.2) is 32.1 Å². The van der Waals surface area contributed by atoms with Gasteiger partial charge in [0.25, 0.3) is 0 Å². The van der Waals surface area contributed by atoms with Crippen molar-refractivity contribution in [3.8, 4) is 11.1 Å². The number of fused-ring (bicyclic) bond motifs is 2. The van der Waals surface area contributed by atoms with Crippen molar-refractivity contribution < 1.29 is 9.90 Å². The molecule has 33 heavy (non-hydrogen) atoms. The summed E-state index contributed by atoms with van der Waals surface area (Å²) in [5.74, 6) is -0.392. The first kappa shape index (κ1) is 21.0. The topological polar surface area (TPSA) is 88.0 Å². The van der Waals surface area contributed by atoms with Crippen molar-refractivity contribution in [1.29, 1.82) is 0 Å². The van der Waals surface area contributed by atoms with E-state index in [0.29, 0.717) is 12.2 Å². The number of carboxylic acids is 1. The molecule has 3 heterocycles. The molecule has 0 aliphatic heterocycles. The summed E-state index contributed by atoms with van der Waals surface area (Å²) in [6.45, 7) is 2.13. The summed E-state index contributed by atoms with van der Waals surface area (Å²) in [4.78, 5) is 27.2. The van der Waals surface area contributed by atoms with Gasteiger partial charge in [0.2, 0.25) is 0 Å². The maximum atomic E-state index is 12.1. The molecular formula is C26H22N4O2S. The first-order valence-corrected chi connectivity index (χ1v) is 11.6. The predicted molar refractivity (Wildman–Crippen MR) is 133 cm³/mol.